The molecular formula is C22H30N4O6. The van der Waals surface area contributed by atoms with Crippen LogP contribution in [0.2, 0.25) is 0 Å². The number of benzene rings is 1. The fraction of sp³-hybridized carbons (Fsp3) is 0.545. The minimum absolute atomic E-state index is 0.126. The van der Waals surface area contributed by atoms with Crippen molar-refractivity contribution in [3.05, 3.63) is 35.4 Å². The minimum atomic E-state index is -0.384. The molecule has 32 heavy (non-hydrogen) atoms. The summed E-state index contributed by atoms with van der Waals surface area (Å²) in [4.78, 5) is 55.9. The van der Waals surface area contributed by atoms with Crippen molar-refractivity contribution in [1.29, 1.82) is 0 Å². The first kappa shape index (κ1) is 23.4. The van der Waals surface area contributed by atoms with Crippen LogP contribution < -0.4 is 0 Å². The summed E-state index contributed by atoms with van der Waals surface area (Å²) in [6.45, 7) is 3.91. The fourth-order valence-electron chi connectivity index (χ4n) is 3.98. The van der Waals surface area contributed by atoms with Gasteiger partial charge in [0.05, 0.1) is 14.2 Å². The van der Waals surface area contributed by atoms with Crippen LogP contribution in [0.1, 0.15) is 33.6 Å². The molecule has 2 aliphatic rings. The molecule has 0 aromatic heterocycles. The number of hydrogen-bond acceptors (Lipinski definition) is 6. The van der Waals surface area contributed by atoms with Gasteiger partial charge in [0.2, 0.25) is 0 Å². The fourth-order valence-corrected chi connectivity index (χ4v) is 3.98. The minimum Gasteiger partial charge on any atom is -0.453 e. The summed E-state index contributed by atoms with van der Waals surface area (Å²) in [6.07, 6.45) is 0.583. The first-order chi connectivity index (χ1) is 15.4. The molecule has 2 saturated heterocycles. The summed E-state index contributed by atoms with van der Waals surface area (Å²) in [6, 6.07) is 6.66. The molecule has 1 aromatic rings. The van der Waals surface area contributed by atoms with E-state index < -0.39 is 0 Å². The second-order valence-corrected chi connectivity index (χ2v) is 7.78. The van der Waals surface area contributed by atoms with Gasteiger partial charge in [0.25, 0.3) is 11.8 Å². The lowest BCUT2D eigenvalue weighted by Crippen LogP contribution is -2.37. The Morgan fingerprint density at radius 3 is 1.22 bits per heavy atom. The molecule has 10 nitrogen and oxygen atoms in total. The number of rotatable bonds is 2. The molecule has 1 aromatic carbocycles. The molecule has 4 amide bonds. The van der Waals surface area contributed by atoms with Crippen LogP contribution in [-0.4, -0.2) is 110 Å². The number of hydrogen-bond donors (Lipinski definition) is 0. The normalized spacial score (nSPS) is 17.3. The van der Waals surface area contributed by atoms with Crippen molar-refractivity contribution in [2.75, 3.05) is 66.6 Å². The maximum atomic E-state index is 12.9. The molecule has 2 fully saturated rings. The van der Waals surface area contributed by atoms with Gasteiger partial charge in [-0.2, -0.15) is 0 Å². The van der Waals surface area contributed by atoms with Gasteiger partial charge in [0.1, 0.15) is 0 Å². The Kier molecular flexibility index (Phi) is 7.91. The Morgan fingerprint density at radius 1 is 0.562 bits per heavy atom. The summed E-state index contributed by atoms with van der Waals surface area (Å²) in [5, 5.41) is 0. The largest absolute Gasteiger partial charge is 0.453 e. The third kappa shape index (κ3) is 5.49. The lowest BCUT2D eigenvalue weighted by atomic mass is 10.1. The first-order valence-electron chi connectivity index (χ1n) is 10.8. The molecule has 0 unspecified atom stereocenters. The van der Waals surface area contributed by atoms with Crippen molar-refractivity contribution in [3.8, 4) is 0 Å². The number of carbonyl (C=O) groups excluding carboxylic acids is 4. The van der Waals surface area contributed by atoms with E-state index >= 15 is 0 Å². The van der Waals surface area contributed by atoms with E-state index in [0.717, 1.165) is 0 Å². The highest BCUT2D eigenvalue weighted by Gasteiger charge is 2.25. The van der Waals surface area contributed by atoms with E-state index in [1.54, 1.807) is 43.9 Å². The van der Waals surface area contributed by atoms with Crippen molar-refractivity contribution < 1.29 is 28.7 Å². The van der Waals surface area contributed by atoms with Gasteiger partial charge in [-0.1, -0.05) is 0 Å². The van der Waals surface area contributed by atoms with Crippen LogP contribution in [0.4, 0.5) is 9.59 Å². The van der Waals surface area contributed by atoms with Gasteiger partial charge < -0.3 is 29.1 Å². The highest BCUT2D eigenvalue weighted by molar-refractivity contribution is 5.98. The molecule has 2 heterocycles. The van der Waals surface area contributed by atoms with Crippen molar-refractivity contribution in [1.82, 2.24) is 19.6 Å². The highest BCUT2D eigenvalue weighted by Crippen LogP contribution is 2.14. The van der Waals surface area contributed by atoms with E-state index in [4.69, 9.17) is 9.47 Å². The molecule has 174 valence electrons. The smallest absolute Gasteiger partial charge is 0.409 e. The van der Waals surface area contributed by atoms with Crippen LogP contribution in [0.25, 0.3) is 0 Å². The van der Waals surface area contributed by atoms with Crippen molar-refractivity contribution in [2.24, 2.45) is 0 Å². The van der Waals surface area contributed by atoms with Crippen LogP contribution in [0.15, 0.2) is 24.3 Å². The molecule has 0 aliphatic carbocycles. The van der Waals surface area contributed by atoms with Crippen molar-refractivity contribution in [3.63, 3.8) is 0 Å². The Balaban J connectivity index is 1.59. The van der Waals surface area contributed by atoms with E-state index in [-0.39, 0.29) is 24.0 Å². The monoisotopic (exact) mass is 446 g/mol. The second kappa shape index (κ2) is 10.8. The molecule has 0 N–H and O–H groups in total. The number of nitrogens with zero attached hydrogens (tertiary/aromatic N) is 4. The van der Waals surface area contributed by atoms with Crippen molar-refractivity contribution >= 4 is 24.0 Å². The Hall–Kier alpha value is -3.30. The molecule has 0 bridgehead atoms. The lowest BCUT2D eigenvalue weighted by Gasteiger charge is -2.22. The maximum absolute atomic E-state index is 12.9. The molecule has 0 spiro atoms. The summed E-state index contributed by atoms with van der Waals surface area (Å²) >= 11 is 0. The topological polar surface area (TPSA) is 99.7 Å². The second-order valence-electron chi connectivity index (χ2n) is 7.78. The zero-order valence-corrected chi connectivity index (χ0v) is 18.6. The Bertz CT molecular complexity index is 774. The molecule has 10 heteroatoms. The molecule has 0 atom stereocenters. The SMILES string of the molecule is COC(=O)N1CCCN(C(=O)c2ccc(C(=O)N3CCCN(C(=O)OC)CC3)cc2)CC1. The third-order valence-corrected chi connectivity index (χ3v) is 5.81. The van der Waals surface area contributed by atoms with Gasteiger partial charge in [-0.3, -0.25) is 9.59 Å². The third-order valence-electron chi connectivity index (χ3n) is 5.81. The zero-order chi connectivity index (χ0) is 23.1. The van der Waals surface area contributed by atoms with Crippen LogP contribution in [0.5, 0.6) is 0 Å². The molecule has 2 aliphatic heterocycles. The average molecular weight is 447 g/mol. The predicted molar refractivity (Wildman–Crippen MR) is 115 cm³/mol. The number of amides is 4. The molecule has 3 rings (SSSR count). The highest BCUT2D eigenvalue weighted by atomic mass is 16.5. The van der Waals surface area contributed by atoms with E-state index in [1.807, 2.05) is 0 Å². The van der Waals surface area contributed by atoms with Crippen LogP contribution in [-0.2, 0) is 9.47 Å². The van der Waals surface area contributed by atoms with Gasteiger partial charge >= 0.3 is 12.2 Å². The summed E-state index contributed by atoms with van der Waals surface area (Å²) in [5.74, 6) is -0.251. The number of methoxy groups -OCH3 is 2. The quantitative estimate of drug-likeness (QED) is 0.683. The van der Waals surface area contributed by atoms with Gasteiger partial charge in [0, 0.05) is 63.5 Å². The van der Waals surface area contributed by atoms with Crippen LogP contribution in [0.3, 0.4) is 0 Å². The standard InChI is InChI=1S/C22H30N4O6/c1-31-21(29)25-11-3-9-23(13-15-25)19(27)17-5-7-18(8-6-17)20(28)24-10-4-12-26(16-14-24)22(30)32-2/h5-8H,3-4,9-16H2,1-2H3. The van der Waals surface area contributed by atoms with Gasteiger partial charge in [-0.15, -0.1) is 0 Å². The molecular weight excluding hydrogens is 416 g/mol. The Labute approximate surface area is 187 Å². The first-order valence-corrected chi connectivity index (χ1v) is 10.8. The maximum Gasteiger partial charge on any atom is 0.409 e. The summed E-state index contributed by atoms with van der Waals surface area (Å²) in [7, 11) is 2.69. The van der Waals surface area contributed by atoms with Gasteiger partial charge in [-0.05, 0) is 37.1 Å². The Morgan fingerprint density at radius 2 is 0.875 bits per heavy atom. The lowest BCUT2D eigenvalue weighted by molar-refractivity contribution is 0.0747. The van der Waals surface area contributed by atoms with Gasteiger partial charge in [-0.25, -0.2) is 9.59 Å². The van der Waals surface area contributed by atoms with Gasteiger partial charge in [0.15, 0.2) is 0 Å². The average Bonchev–Trinajstić information content (AvgIpc) is 3.23. The zero-order valence-electron chi connectivity index (χ0n) is 18.6. The van der Waals surface area contributed by atoms with E-state index in [0.29, 0.717) is 76.3 Å². The molecule has 0 radical (unpaired) electrons. The molecule has 0 saturated carbocycles. The predicted octanol–water partition coefficient (Wildman–Crippen LogP) is 1.52. The summed E-state index contributed by atoms with van der Waals surface area (Å²) in [5.41, 5.74) is 1.00. The van der Waals surface area contributed by atoms with E-state index in [2.05, 4.69) is 0 Å². The summed E-state index contributed by atoms with van der Waals surface area (Å²) < 4.78 is 9.53. The van der Waals surface area contributed by atoms with Crippen LogP contribution >= 0.6 is 0 Å². The number of carbonyl (C=O) groups is 4. The van der Waals surface area contributed by atoms with Crippen LogP contribution in [0, 0.1) is 0 Å². The van der Waals surface area contributed by atoms with E-state index in [1.165, 1.54) is 14.2 Å². The number of ether oxygens (including phenoxy) is 2. The van der Waals surface area contributed by atoms with E-state index in [9.17, 15) is 19.2 Å². The van der Waals surface area contributed by atoms with Crippen molar-refractivity contribution in [2.45, 2.75) is 12.8 Å².